The molecule has 1 N–H and O–H groups in total. The lowest BCUT2D eigenvalue weighted by Gasteiger charge is -2.00. The standard InChI is InChI=1S/C11H13N3O.C10H11N3O/c1-7-13-9-6-8(11(15)12-2)4-5-10(9)14(7)3;1-6(14)8-4-9-10(11-5-8)13(3)7(2)12-9/h4-6H,1-3H3,(H,12,15);4-5H,1-3H3. The van der Waals surface area contributed by atoms with E-state index in [1.54, 1.807) is 25.4 Å². The van der Waals surface area contributed by atoms with Gasteiger partial charge in [-0.3, -0.25) is 9.59 Å². The number of carbonyl (C=O) groups excluding carboxylic acids is 2. The van der Waals surface area contributed by atoms with E-state index in [4.69, 9.17) is 0 Å². The second-order valence-corrected chi connectivity index (χ2v) is 6.84. The second-order valence-electron chi connectivity index (χ2n) is 6.84. The Bertz CT molecular complexity index is 1240. The van der Waals surface area contributed by atoms with E-state index < -0.39 is 0 Å². The van der Waals surface area contributed by atoms with Crippen LogP contribution in [0.1, 0.15) is 39.3 Å². The summed E-state index contributed by atoms with van der Waals surface area (Å²) in [5.41, 5.74) is 4.74. The summed E-state index contributed by atoms with van der Waals surface area (Å²) in [5.74, 6) is 1.77. The molecule has 1 amide bonds. The topological polar surface area (TPSA) is 94.7 Å². The van der Waals surface area contributed by atoms with Crippen LogP contribution in [0.4, 0.5) is 0 Å². The van der Waals surface area contributed by atoms with Crippen LogP contribution in [0.25, 0.3) is 22.2 Å². The molecule has 0 aliphatic rings. The van der Waals surface area contributed by atoms with Crippen molar-refractivity contribution >= 4 is 33.9 Å². The van der Waals surface area contributed by atoms with E-state index >= 15 is 0 Å². The second kappa shape index (κ2) is 7.83. The molecule has 3 aromatic heterocycles. The lowest BCUT2D eigenvalue weighted by atomic mass is 10.2. The van der Waals surface area contributed by atoms with E-state index in [2.05, 4.69) is 20.3 Å². The van der Waals surface area contributed by atoms with Crippen molar-refractivity contribution in [1.29, 1.82) is 0 Å². The summed E-state index contributed by atoms with van der Waals surface area (Å²) in [6.45, 7) is 5.38. The van der Waals surface area contributed by atoms with Gasteiger partial charge in [-0.05, 0) is 45.0 Å². The van der Waals surface area contributed by atoms with Crippen molar-refractivity contribution in [2.24, 2.45) is 14.1 Å². The number of ketones is 1. The largest absolute Gasteiger partial charge is 0.355 e. The number of imidazole rings is 2. The molecule has 8 nitrogen and oxygen atoms in total. The third kappa shape index (κ3) is 3.87. The normalized spacial score (nSPS) is 10.7. The predicted octanol–water partition coefficient (Wildman–Crippen LogP) is 2.72. The summed E-state index contributed by atoms with van der Waals surface area (Å²) in [4.78, 5) is 35.4. The number of benzene rings is 1. The first kappa shape index (κ1) is 20.2. The number of nitrogens with one attached hydrogen (secondary N) is 1. The molecule has 0 saturated carbocycles. The fourth-order valence-corrected chi connectivity index (χ4v) is 2.99. The maximum absolute atomic E-state index is 11.4. The molecule has 0 radical (unpaired) electrons. The third-order valence-corrected chi connectivity index (χ3v) is 4.93. The van der Waals surface area contributed by atoms with Crippen LogP contribution in [0, 0.1) is 13.8 Å². The quantitative estimate of drug-likeness (QED) is 0.529. The zero-order chi connectivity index (χ0) is 21.3. The molecule has 29 heavy (non-hydrogen) atoms. The number of Topliss-reactive ketones (excluding diaryl/α,β-unsaturated/α-hetero) is 1. The number of hydrogen-bond donors (Lipinski definition) is 1. The van der Waals surface area contributed by atoms with Crippen LogP contribution in [-0.4, -0.2) is 42.8 Å². The lowest BCUT2D eigenvalue weighted by molar-refractivity contribution is 0.0962. The maximum Gasteiger partial charge on any atom is 0.251 e. The highest BCUT2D eigenvalue weighted by Crippen LogP contribution is 2.16. The number of carbonyl (C=O) groups is 2. The summed E-state index contributed by atoms with van der Waals surface area (Å²) in [7, 11) is 5.49. The minimum atomic E-state index is -0.0831. The fraction of sp³-hybridized carbons (Fsp3) is 0.286. The SMILES string of the molecule is CC(=O)c1cnc2c(c1)nc(C)n2C.CNC(=O)c1ccc2c(c1)nc(C)n2C. The number of fused-ring (bicyclic) bond motifs is 2. The minimum absolute atomic E-state index is 0.0164. The van der Waals surface area contributed by atoms with Crippen molar-refractivity contribution in [1.82, 2.24) is 29.4 Å². The smallest absolute Gasteiger partial charge is 0.251 e. The molecule has 0 atom stereocenters. The summed E-state index contributed by atoms with van der Waals surface area (Å²) in [6, 6.07) is 7.31. The van der Waals surface area contributed by atoms with Crippen LogP contribution in [-0.2, 0) is 14.1 Å². The lowest BCUT2D eigenvalue weighted by Crippen LogP contribution is -2.17. The Morgan fingerprint density at radius 1 is 0.931 bits per heavy atom. The average Bonchev–Trinajstić information content (AvgIpc) is 3.16. The van der Waals surface area contributed by atoms with E-state index in [-0.39, 0.29) is 11.7 Å². The van der Waals surface area contributed by atoms with Crippen molar-refractivity contribution in [3.63, 3.8) is 0 Å². The highest BCUT2D eigenvalue weighted by molar-refractivity contribution is 5.97. The Morgan fingerprint density at radius 3 is 2.21 bits per heavy atom. The number of aromatic nitrogens is 5. The van der Waals surface area contributed by atoms with Crippen molar-refractivity contribution in [3.05, 3.63) is 53.2 Å². The number of aryl methyl sites for hydroxylation is 4. The molecule has 0 bridgehead atoms. The minimum Gasteiger partial charge on any atom is -0.355 e. The Kier molecular flexibility index (Phi) is 5.45. The third-order valence-electron chi connectivity index (χ3n) is 4.93. The van der Waals surface area contributed by atoms with Crippen LogP contribution in [0.5, 0.6) is 0 Å². The van der Waals surface area contributed by atoms with E-state index in [1.807, 2.05) is 49.2 Å². The number of amides is 1. The van der Waals surface area contributed by atoms with E-state index in [0.717, 1.165) is 33.8 Å². The van der Waals surface area contributed by atoms with Gasteiger partial charge in [0.25, 0.3) is 5.91 Å². The van der Waals surface area contributed by atoms with Gasteiger partial charge in [0.2, 0.25) is 0 Å². The van der Waals surface area contributed by atoms with Crippen LogP contribution in [0.15, 0.2) is 30.5 Å². The summed E-state index contributed by atoms with van der Waals surface area (Å²) in [5, 5.41) is 2.59. The molecule has 3 heterocycles. The van der Waals surface area contributed by atoms with Gasteiger partial charge in [-0.2, -0.15) is 0 Å². The molecule has 0 spiro atoms. The van der Waals surface area contributed by atoms with Gasteiger partial charge in [0.05, 0.1) is 11.0 Å². The molecule has 0 fully saturated rings. The van der Waals surface area contributed by atoms with E-state index in [9.17, 15) is 9.59 Å². The molecule has 0 unspecified atom stereocenters. The molecule has 8 heteroatoms. The number of rotatable bonds is 2. The molecule has 0 aliphatic heterocycles. The summed E-state index contributed by atoms with van der Waals surface area (Å²) >= 11 is 0. The average molecular weight is 392 g/mol. The van der Waals surface area contributed by atoms with E-state index in [0.29, 0.717) is 11.1 Å². The Balaban J connectivity index is 0.000000166. The molecule has 1 aromatic carbocycles. The molecular formula is C21H24N6O2. The predicted molar refractivity (Wildman–Crippen MR) is 112 cm³/mol. The Labute approximate surface area is 168 Å². The van der Waals surface area contributed by atoms with Gasteiger partial charge in [-0.25, -0.2) is 15.0 Å². The van der Waals surface area contributed by atoms with Crippen molar-refractivity contribution in [2.75, 3.05) is 7.05 Å². The van der Waals surface area contributed by atoms with Gasteiger partial charge in [0.15, 0.2) is 11.4 Å². The molecule has 0 aliphatic carbocycles. The highest BCUT2D eigenvalue weighted by atomic mass is 16.1. The van der Waals surface area contributed by atoms with Crippen molar-refractivity contribution in [3.8, 4) is 0 Å². The van der Waals surface area contributed by atoms with Gasteiger partial charge < -0.3 is 14.5 Å². The van der Waals surface area contributed by atoms with Crippen LogP contribution < -0.4 is 5.32 Å². The van der Waals surface area contributed by atoms with Crippen molar-refractivity contribution < 1.29 is 9.59 Å². The first-order valence-corrected chi connectivity index (χ1v) is 9.18. The highest BCUT2D eigenvalue weighted by Gasteiger charge is 2.09. The van der Waals surface area contributed by atoms with Gasteiger partial charge in [-0.15, -0.1) is 0 Å². The molecule has 4 rings (SSSR count). The van der Waals surface area contributed by atoms with Crippen LogP contribution >= 0.6 is 0 Å². The van der Waals surface area contributed by atoms with Gasteiger partial charge >= 0.3 is 0 Å². The number of pyridine rings is 1. The summed E-state index contributed by atoms with van der Waals surface area (Å²) < 4.78 is 3.90. The molecular weight excluding hydrogens is 368 g/mol. The monoisotopic (exact) mass is 392 g/mol. The Morgan fingerprint density at radius 2 is 1.55 bits per heavy atom. The number of hydrogen-bond acceptors (Lipinski definition) is 5. The summed E-state index contributed by atoms with van der Waals surface area (Å²) in [6.07, 6.45) is 1.59. The zero-order valence-corrected chi connectivity index (χ0v) is 17.4. The van der Waals surface area contributed by atoms with Gasteiger partial charge in [-0.1, -0.05) is 0 Å². The number of nitrogens with zero attached hydrogens (tertiary/aromatic N) is 5. The molecule has 4 aromatic rings. The Hall–Kier alpha value is -3.55. The molecule has 0 saturated heterocycles. The zero-order valence-electron chi connectivity index (χ0n) is 17.4. The maximum atomic E-state index is 11.4. The van der Waals surface area contributed by atoms with Gasteiger partial charge in [0.1, 0.15) is 17.2 Å². The van der Waals surface area contributed by atoms with Crippen molar-refractivity contribution in [2.45, 2.75) is 20.8 Å². The first-order chi connectivity index (χ1) is 13.7. The van der Waals surface area contributed by atoms with E-state index in [1.165, 1.54) is 6.92 Å². The molecule has 150 valence electrons. The van der Waals surface area contributed by atoms with Gasteiger partial charge in [0, 0.05) is 38.5 Å². The van der Waals surface area contributed by atoms with Crippen LogP contribution in [0.3, 0.4) is 0 Å². The fourth-order valence-electron chi connectivity index (χ4n) is 2.99. The van der Waals surface area contributed by atoms with Crippen LogP contribution in [0.2, 0.25) is 0 Å². The first-order valence-electron chi connectivity index (χ1n) is 9.18.